The maximum absolute atomic E-state index is 5.62. The molecule has 1 atom stereocenters. The van der Waals surface area contributed by atoms with Crippen LogP contribution in [0.2, 0.25) is 0 Å². The minimum absolute atomic E-state index is 0.180. The molecule has 0 saturated carbocycles. The van der Waals surface area contributed by atoms with E-state index in [-0.39, 0.29) is 6.04 Å². The Morgan fingerprint density at radius 2 is 1.93 bits per heavy atom. The quantitative estimate of drug-likeness (QED) is 0.463. The molecule has 6 heteroatoms. The molecule has 4 heterocycles. The largest absolute Gasteiger partial charge is 0.493 e. The third-order valence-electron chi connectivity index (χ3n) is 5.90. The second-order valence-corrected chi connectivity index (χ2v) is 8.65. The van der Waals surface area contributed by atoms with Gasteiger partial charge in [-0.15, -0.1) is 11.3 Å². The van der Waals surface area contributed by atoms with Gasteiger partial charge in [0.1, 0.15) is 5.65 Å². The van der Waals surface area contributed by atoms with Gasteiger partial charge in [-0.1, -0.05) is 12.1 Å². The number of pyridine rings is 1. The Morgan fingerprint density at radius 1 is 1.10 bits per heavy atom. The van der Waals surface area contributed by atoms with Crippen LogP contribution < -0.4 is 9.47 Å². The third-order valence-corrected chi connectivity index (χ3v) is 6.82. The third kappa shape index (κ3) is 3.26. The van der Waals surface area contributed by atoms with E-state index in [9.17, 15) is 0 Å². The predicted octanol–water partition coefficient (Wildman–Crippen LogP) is 4.87. The number of rotatable bonds is 5. The number of fused-ring (bicyclic) bond motifs is 2. The fourth-order valence-corrected chi connectivity index (χ4v) is 5.31. The molecule has 0 spiro atoms. The Kier molecular flexibility index (Phi) is 4.97. The van der Waals surface area contributed by atoms with Crippen molar-refractivity contribution in [1.29, 1.82) is 0 Å². The first-order valence-electron chi connectivity index (χ1n) is 10.1. The van der Waals surface area contributed by atoms with Gasteiger partial charge in [-0.25, -0.2) is 4.98 Å². The molecule has 30 heavy (non-hydrogen) atoms. The highest BCUT2D eigenvalue weighted by atomic mass is 32.1. The van der Waals surface area contributed by atoms with Crippen molar-refractivity contribution < 1.29 is 9.47 Å². The van der Waals surface area contributed by atoms with Crippen LogP contribution in [0.25, 0.3) is 5.65 Å². The molecular formula is C24H25N3O2S. The number of imidazole rings is 1. The molecule has 0 radical (unpaired) electrons. The highest BCUT2D eigenvalue weighted by molar-refractivity contribution is 7.10. The summed E-state index contributed by atoms with van der Waals surface area (Å²) in [6.45, 7) is 3.89. The van der Waals surface area contributed by atoms with Gasteiger partial charge in [0.15, 0.2) is 11.5 Å². The van der Waals surface area contributed by atoms with Crippen LogP contribution in [0.15, 0.2) is 54.0 Å². The minimum atomic E-state index is 0.180. The van der Waals surface area contributed by atoms with Gasteiger partial charge < -0.3 is 13.9 Å². The molecule has 4 aromatic rings. The minimum Gasteiger partial charge on any atom is -0.493 e. The molecule has 5 rings (SSSR count). The van der Waals surface area contributed by atoms with Gasteiger partial charge in [-0.3, -0.25) is 4.90 Å². The van der Waals surface area contributed by atoms with Gasteiger partial charge in [-0.05, 0) is 60.2 Å². The molecule has 5 nitrogen and oxygen atoms in total. The number of thiophene rings is 1. The van der Waals surface area contributed by atoms with E-state index in [1.54, 1.807) is 25.6 Å². The maximum Gasteiger partial charge on any atom is 0.161 e. The van der Waals surface area contributed by atoms with E-state index in [1.807, 2.05) is 0 Å². The Balaban J connectivity index is 1.56. The fourth-order valence-electron chi connectivity index (χ4n) is 4.43. The highest BCUT2D eigenvalue weighted by Crippen LogP contribution is 2.42. The number of ether oxygens (including phenoxy) is 2. The predicted molar refractivity (Wildman–Crippen MR) is 120 cm³/mol. The van der Waals surface area contributed by atoms with Crippen LogP contribution >= 0.6 is 11.3 Å². The van der Waals surface area contributed by atoms with Crippen LogP contribution in [0.3, 0.4) is 0 Å². The molecule has 0 fully saturated rings. The molecular weight excluding hydrogens is 394 g/mol. The molecule has 0 bridgehead atoms. The van der Waals surface area contributed by atoms with E-state index < -0.39 is 0 Å². The van der Waals surface area contributed by atoms with Crippen LogP contribution in [-0.2, 0) is 13.0 Å². The van der Waals surface area contributed by atoms with Crippen molar-refractivity contribution in [3.63, 3.8) is 0 Å². The maximum atomic E-state index is 5.62. The van der Waals surface area contributed by atoms with E-state index in [1.165, 1.54) is 21.7 Å². The number of benzene rings is 1. The van der Waals surface area contributed by atoms with Gasteiger partial charge in [-0.2, -0.15) is 0 Å². The van der Waals surface area contributed by atoms with E-state index >= 15 is 0 Å². The lowest BCUT2D eigenvalue weighted by Gasteiger charge is -2.37. The summed E-state index contributed by atoms with van der Waals surface area (Å²) in [5, 5.41) is 2.15. The highest BCUT2D eigenvalue weighted by Gasteiger charge is 2.31. The summed E-state index contributed by atoms with van der Waals surface area (Å²) in [5.74, 6) is 1.58. The summed E-state index contributed by atoms with van der Waals surface area (Å²) in [6, 6.07) is 15.1. The van der Waals surface area contributed by atoms with Gasteiger partial charge in [0.2, 0.25) is 0 Å². The Morgan fingerprint density at radius 3 is 2.67 bits per heavy atom. The smallest absolute Gasteiger partial charge is 0.161 e. The van der Waals surface area contributed by atoms with Crippen LogP contribution in [0.5, 0.6) is 11.5 Å². The van der Waals surface area contributed by atoms with Crippen molar-refractivity contribution in [3.05, 3.63) is 81.4 Å². The second kappa shape index (κ2) is 7.78. The summed E-state index contributed by atoms with van der Waals surface area (Å²) in [6.07, 6.45) is 3.14. The van der Waals surface area contributed by atoms with E-state index in [0.717, 1.165) is 42.4 Å². The van der Waals surface area contributed by atoms with Crippen molar-refractivity contribution in [2.75, 3.05) is 20.8 Å². The fraction of sp³-hybridized carbons (Fsp3) is 0.292. The Hall–Kier alpha value is -2.83. The van der Waals surface area contributed by atoms with Gasteiger partial charge in [0.05, 0.1) is 26.0 Å². The van der Waals surface area contributed by atoms with Crippen molar-refractivity contribution in [2.24, 2.45) is 0 Å². The summed E-state index contributed by atoms with van der Waals surface area (Å²) in [7, 11) is 3.39. The molecule has 0 N–H and O–H groups in total. The molecule has 0 saturated heterocycles. The van der Waals surface area contributed by atoms with Crippen LogP contribution in [0.4, 0.5) is 0 Å². The van der Waals surface area contributed by atoms with Crippen LogP contribution in [0.1, 0.15) is 33.4 Å². The zero-order valence-corrected chi connectivity index (χ0v) is 18.3. The first kappa shape index (κ1) is 19.2. The first-order valence-corrected chi connectivity index (χ1v) is 11.0. The van der Waals surface area contributed by atoms with Crippen molar-refractivity contribution in [2.45, 2.75) is 25.9 Å². The molecule has 154 valence electrons. The van der Waals surface area contributed by atoms with Crippen molar-refractivity contribution in [1.82, 2.24) is 14.3 Å². The topological polar surface area (TPSA) is 39.0 Å². The monoisotopic (exact) mass is 419 g/mol. The number of nitrogens with zero attached hydrogens (tertiary/aromatic N) is 3. The SMILES string of the molecule is COc1cc2c(cc1OC)C(c1cccs1)N(Cc1cn3c(C)cccc3n1)CC2. The Labute approximate surface area is 180 Å². The number of aryl methyl sites for hydroxylation is 1. The van der Waals surface area contributed by atoms with Gasteiger partial charge >= 0.3 is 0 Å². The van der Waals surface area contributed by atoms with E-state index in [4.69, 9.17) is 14.5 Å². The molecule has 0 aliphatic carbocycles. The van der Waals surface area contributed by atoms with Crippen LogP contribution in [0, 0.1) is 6.92 Å². The molecule has 0 amide bonds. The summed E-state index contributed by atoms with van der Waals surface area (Å²) in [5.41, 5.74) is 5.91. The standard InChI is InChI=1S/C24H25N3O2S/c1-16-6-4-8-23-25-18(15-27(16)23)14-26-10-9-17-12-20(28-2)21(29-3)13-19(17)24(26)22-7-5-11-30-22/h4-8,11-13,15,24H,9-10,14H2,1-3H3. The van der Waals surface area contributed by atoms with Crippen molar-refractivity contribution in [3.8, 4) is 11.5 Å². The Bertz CT molecular complexity index is 1180. The van der Waals surface area contributed by atoms with Crippen LogP contribution in [-0.4, -0.2) is 35.0 Å². The van der Waals surface area contributed by atoms with Crippen molar-refractivity contribution >= 4 is 17.0 Å². The number of aromatic nitrogens is 2. The zero-order chi connectivity index (χ0) is 20.7. The molecule has 1 aliphatic heterocycles. The first-order chi connectivity index (χ1) is 14.7. The molecule has 1 aliphatic rings. The summed E-state index contributed by atoms with van der Waals surface area (Å²) < 4.78 is 13.3. The number of hydrogen-bond donors (Lipinski definition) is 0. The average molecular weight is 420 g/mol. The second-order valence-electron chi connectivity index (χ2n) is 7.67. The number of methoxy groups -OCH3 is 2. The zero-order valence-electron chi connectivity index (χ0n) is 17.5. The normalized spacial score (nSPS) is 16.6. The molecule has 1 aromatic carbocycles. The average Bonchev–Trinajstić information content (AvgIpc) is 3.43. The van der Waals surface area contributed by atoms with Gasteiger partial charge in [0.25, 0.3) is 0 Å². The molecule has 3 aromatic heterocycles. The van der Waals surface area contributed by atoms with E-state index in [0.29, 0.717) is 0 Å². The summed E-state index contributed by atoms with van der Waals surface area (Å²) in [4.78, 5) is 8.74. The lowest BCUT2D eigenvalue weighted by molar-refractivity contribution is 0.204. The number of hydrogen-bond acceptors (Lipinski definition) is 5. The lowest BCUT2D eigenvalue weighted by atomic mass is 9.90. The summed E-state index contributed by atoms with van der Waals surface area (Å²) >= 11 is 1.80. The lowest BCUT2D eigenvalue weighted by Crippen LogP contribution is -2.35. The van der Waals surface area contributed by atoms with Gasteiger partial charge in [0, 0.05) is 29.9 Å². The molecule has 1 unspecified atom stereocenters. The van der Waals surface area contributed by atoms with E-state index in [2.05, 4.69) is 70.3 Å².